The Balaban J connectivity index is 0.00000243. The highest BCUT2D eigenvalue weighted by atomic mass is 127. The maximum Gasteiger partial charge on any atom is 0.191 e. The van der Waals surface area contributed by atoms with Crippen molar-refractivity contribution in [3.8, 4) is 0 Å². The fourth-order valence-corrected chi connectivity index (χ4v) is 4.71. The van der Waals surface area contributed by atoms with E-state index in [0.29, 0.717) is 18.1 Å². The molecule has 3 atom stereocenters. The number of hydrogen-bond donors (Lipinski definition) is 3. The molecule has 3 N–H and O–H groups in total. The molecule has 2 saturated heterocycles. The Morgan fingerprint density at radius 1 is 1.27 bits per heavy atom. The Hall–Kier alpha value is -0.120. The van der Waals surface area contributed by atoms with Gasteiger partial charge < -0.3 is 25.4 Å². The number of rotatable bonds is 6. The minimum Gasteiger partial charge on any atom is -0.393 e. The number of aliphatic hydroxyl groups excluding tert-OH is 1. The number of hydrogen-bond acceptors (Lipinski definition) is 4. The number of fused-ring (bicyclic) bond motifs is 1. The molecule has 0 radical (unpaired) electrons. The second kappa shape index (κ2) is 9.89. The van der Waals surface area contributed by atoms with Crippen LogP contribution in [-0.4, -0.2) is 73.5 Å². The highest BCUT2D eigenvalue weighted by Crippen LogP contribution is 2.52. The molecule has 0 aromatic rings. The van der Waals surface area contributed by atoms with Crippen molar-refractivity contribution in [1.82, 2.24) is 15.5 Å². The van der Waals surface area contributed by atoms with Gasteiger partial charge in [0, 0.05) is 50.2 Å². The van der Waals surface area contributed by atoms with Gasteiger partial charge in [-0.15, -0.1) is 24.0 Å². The van der Waals surface area contributed by atoms with Crippen LogP contribution in [0.15, 0.2) is 4.99 Å². The number of halogens is 1. The van der Waals surface area contributed by atoms with Gasteiger partial charge in [-0.2, -0.15) is 0 Å². The van der Waals surface area contributed by atoms with Gasteiger partial charge in [-0.3, -0.25) is 4.99 Å². The summed E-state index contributed by atoms with van der Waals surface area (Å²) in [5.74, 6) is 1.57. The molecule has 3 fully saturated rings. The van der Waals surface area contributed by atoms with E-state index in [-0.39, 0.29) is 35.5 Å². The van der Waals surface area contributed by atoms with E-state index in [1.54, 1.807) is 0 Å². The van der Waals surface area contributed by atoms with Crippen molar-refractivity contribution in [2.75, 3.05) is 39.3 Å². The highest BCUT2D eigenvalue weighted by molar-refractivity contribution is 14.0. The first-order valence-electron chi connectivity index (χ1n) is 10.1. The van der Waals surface area contributed by atoms with Gasteiger partial charge in [0.2, 0.25) is 0 Å². The number of piperidine rings is 1. The topological polar surface area (TPSA) is 69.1 Å². The molecule has 0 aromatic heterocycles. The summed E-state index contributed by atoms with van der Waals surface area (Å²) in [5.41, 5.74) is 0.173. The van der Waals surface area contributed by atoms with E-state index < -0.39 is 0 Å². The Bertz CT molecular complexity index is 466. The summed E-state index contributed by atoms with van der Waals surface area (Å²) in [6.45, 7) is 12.4. The summed E-state index contributed by atoms with van der Waals surface area (Å²) in [4.78, 5) is 7.23. The van der Waals surface area contributed by atoms with Crippen LogP contribution in [0.4, 0.5) is 0 Å². The molecular formula is C19H37IN4O2. The number of aliphatic hydroxyl groups is 1. The number of nitrogens with zero attached hydrogens (tertiary/aromatic N) is 2. The summed E-state index contributed by atoms with van der Waals surface area (Å²) >= 11 is 0. The SMILES string of the molecule is CCNC(=NCCCN1CCC(O)CC1)NC1C2CCOC2C1(C)C.I. The van der Waals surface area contributed by atoms with E-state index in [2.05, 4.69) is 36.3 Å². The normalized spacial score (nSPS) is 31.7. The Kier molecular flexibility index (Phi) is 8.43. The summed E-state index contributed by atoms with van der Waals surface area (Å²) in [6.07, 6.45) is 4.36. The van der Waals surface area contributed by atoms with Crippen molar-refractivity contribution in [1.29, 1.82) is 0 Å². The van der Waals surface area contributed by atoms with Gasteiger partial charge in [0.1, 0.15) is 0 Å². The number of nitrogens with one attached hydrogen (secondary N) is 2. The quantitative estimate of drug-likeness (QED) is 0.234. The Morgan fingerprint density at radius 3 is 2.69 bits per heavy atom. The zero-order valence-corrected chi connectivity index (χ0v) is 18.9. The Morgan fingerprint density at radius 2 is 2.00 bits per heavy atom. The zero-order chi connectivity index (χ0) is 17.9. The molecular weight excluding hydrogens is 443 g/mol. The third-order valence-electron chi connectivity index (χ3n) is 6.20. The summed E-state index contributed by atoms with van der Waals surface area (Å²) in [7, 11) is 0. The second-order valence-electron chi connectivity index (χ2n) is 8.37. The summed E-state index contributed by atoms with van der Waals surface area (Å²) in [6, 6.07) is 0.446. The van der Waals surface area contributed by atoms with Gasteiger partial charge in [0.15, 0.2) is 5.96 Å². The van der Waals surface area contributed by atoms with Gasteiger partial charge in [-0.05, 0) is 39.2 Å². The molecule has 7 heteroatoms. The van der Waals surface area contributed by atoms with Crippen LogP contribution < -0.4 is 10.6 Å². The lowest BCUT2D eigenvalue weighted by atomic mass is 9.57. The molecule has 1 saturated carbocycles. The number of ether oxygens (including phenoxy) is 1. The Labute approximate surface area is 175 Å². The summed E-state index contributed by atoms with van der Waals surface area (Å²) in [5, 5.41) is 16.6. The van der Waals surface area contributed by atoms with E-state index in [1.807, 2.05) is 0 Å². The lowest BCUT2D eigenvalue weighted by molar-refractivity contribution is -0.106. The minimum atomic E-state index is -0.0898. The molecule has 3 aliphatic rings. The lowest BCUT2D eigenvalue weighted by Gasteiger charge is -2.54. The maximum atomic E-state index is 9.58. The predicted molar refractivity (Wildman–Crippen MR) is 116 cm³/mol. The van der Waals surface area contributed by atoms with E-state index in [0.717, 1.165) is 71.0 Å². The van der Waals surface area contributed by atoms with Crippen LogP contribution in [0.25, 0.3) is 0 Å². The first-order valence-corrected chi connectivity index (χ1v) is 10.1. The number of aliphatic imine (C=N–C) groups is 1. The number of likely N-dealkylation sites (tertiary alicyclic amines) is 1. The molecule has 0 amide bonds. The van der Waals surface area contributed by atoms with Crippen molar-refractivity contribution in [3.05, 3.63) is 0 Å². The molecule has 3 rings (SSSR count). The van der Waals surface area contributed by atoms with Crippen LogP contribution in [0, 0.1) is 11.3 Å². The molecule has 0 bridgehead atoms. The van der Waals surface area contributed by atoms with Crippen LogP contribution in [0.2, 0.25) is 0 Å². The fraction of sp³-hybridized carbons (Fsp3) is 0.947. The molecule has 26 heavy (non-hydrogen) atoms. The minimum absolute atomic E-state index is 0. The average molecular weight is 480 g/mol. The molecule has 6 nitrogen and oxygen atoms in total. The van der Waals surface area contributed by atoms with Gasteiger partial charge in [0.25, 0.3) is 0 Å². The molecule has 0 spiro atoms. The van der Waals surface area contributed by atoms with Crippen molar-refractivity contribution in [2.24, 2.45) is 16.3 Å². The predicted octanol–water partition coefficient (Wildman–Crippen LogP) is 1.82. The highest BCUT2D eigenvalue weighted by Gasteiger charge is 2.59. The van der Waals surface area contributed by atoms with Crippen molar-refractivity contribution >= 4 is 29.9 Å². The molecule has 0 aromatic carbocycles. The van der Waals surface area contributed by atoms with Crippen LogP contribution >= 0.6 is 24.0 Å². The van der Waals surface area contributed by atoms with Crippen LogP contribution in [0.1, 0.15) is 46.5 Å². The molecule has 3 unspecified atom stereocenters. The smallest absolute Gasteiger partial charge is 0.191 e. The van der Waals surface area contributed by atoms with Gasteiger partial charge in [-0.25, -0.2) is 0 Å². The van der Waals surface area contributed by atoms with E-state index in [1.165, 1.54) is 0 Å². The number of guanidine groups is 1. The fourth-order valence-electron chi connectivity index (χ4n) is 4.71. The first kappa shape index (κ1) is 22.2. The monoisotopic (exact) mass is 480 g/mol. The second-order valence-corrected chi connectivity index (χ2v) is 8.37. The van der Waals surface area contributed by atoms with Crippen LogP contribution in [0.3, 0.4) is 0 Å². The van der Waals surface area contributed by atoms with Gasteiger partial charge in [0.05, 0.1) is 12.2 Å². The standard InChI is InChI=1S/C19H36N4O2.HI/c1-4-20-18(21-9-5-10-23-11-6-14(24)7-12-23)22-16-15-8-13-25-17(15)19(16,2)3;/h14-17,24H,4-13H2,1-3H3,(H2,20,21,22);1H. The third kappa shape index (κ3) is 5.02. The molecule has 2 heterocycles. The van der Waals surface area contributed by atoms with E-state index >= 15 is 0 Å². The molecule has 152 valence electrons. The van der Waals surface area contributed by atoms with E-state index in [4.69, 9.17) is 9.73 Å². The largest absolute Gasteiger partial charge is 0.393 e. The molecule has 1 aliphatic carbocycles. The molecule has 2 aliphatic heterocycles. The van der Waals surface area contributed by atoms with E-state index in [9.17, 15) is 5.11 Å². The van der Waals surface area contributed by atoms with Crippen molar-refractivity contribution in [2.45, 2.75) is 64.7 Å². The van der Waals surface area contributed by atoms with Crippen LogP contribution in [0.5, 0.6) is 0 Å². The third-order valence-corrected chi connectivity index (χ3v) is 6.20. The van der Waals surface area contributed by atoms with Gasteiger partial charge >= 0.3 is 0 Å². The van der Waals surface area contributed by atoms with Crippen molar-refractivity contribution < 1.29 is 9.84 Å². The van der Waals surface area contributed by atoms with Gasteiger partial charge in [-0.1, -0.05) is 13.8 Å². The maximum absolute atomic E-state index is 9.58. The van der Waals surface area contributed by atoms with Crippen molar-refractivity contribution in [3.63, 3.8) is 0 Å². The van der Waals surface area contributed by atoms with Crippen LogP contribution in [-0.2, 0) is 4.74 Å². The summed E-state index contributed by atoms with van der Waals surface area (Å²) < 4.78 is 5.89. The first-order chi connectivity index (χ1) is 12.0. The average Bonchev–Trinajstić information content (AvgIpc) is 3.05. The zero-order valence-electron chi connectivity index (χ0n) is 16.5. The lowest BCUT2D eigenvalue weighted by Crippen LogP contribution is -2.68.